The third-order valence-electron chi connectivity index (χ3n) is 2.95. The van der Waals surface area contributed by atoms with E-state index in [2.05, 4.69) is 20.7 Å². The van der Waals surface area contributed by atoms with Gasteiger partial charge in [-0.2, -0.15) is 0 Å². The number of aromatic nitrogens is 1. The Morgan fingerprint density at radius 2 is 2.10 bits per heavy atom. The van der Waals surface area contributed by atoms with Gasteiger partial charge in [0.1, 0.15) is 4.90 Å². The number of sulfonamides is 1. The number of rotatable bonds is 5. The molecule has 0 aliphatic rings. The Hall–Kier alpha value is -1.02. The van der Waals surface area contributed by atoms with Crippen LogP contribution in [-0.2, 0) is 23.2 Å². The van der Waals surface area contributed by atoms with E-state index in [9.17, 15) is 13.5 Å². The lowest BCUT2D eigenvalue weighted by molar-refractivity contribution is 0.271. The average molecular weight is 394 g/mol. The van der Waals surface area contributed by atoms with Crippen molar-refractivity contribution in [1.29, 1.82) is 0 Å². The normalized spacial score (nSPS) is 11.6. The quantitative estimate of drug-likeness (QED) is 0.819. The molecule has 0 saturated carbocycles. The maximum atomic E-state index is 12.3. The van der Waals surface area contributed by atoms with Gasteiger partial charge in [-0.15, -0.1) is 0 Å². The molecule has 2 rings (SSSR count). The minimum absolute atomic E-state index is 0.111. The van der Waals surface area contributed by atoms with Gasteiger partial charge in [0.25, 0.3) is 10.0 Å². The molecule has 0 spiro atoms. The molecule has 0 atom stereocenters. The van der Waals surface area contributed by atoms with E-state index < -0.39 is 10.0 Å². The summed E-state index contributed by atoms with van der Waals surface area (Å²) in [5.41, 5.74) is 0.955. The van der Waals surface area contributed by atoms with Crippen molar-refractivity contribution >= 4 is 43.2 Å². The zero-order valence-electron chi connectivity index (χ0n) is 11.2. The van der Waals surface area contributed by atoms with E-state index in [4.69, 9.17) is 11.6 Å². The summed E-state index contributed by atoms with van der Waals surface area (Å²) in [6.45, 7) is 2.24. The molecule has 2 aromatic rings. The van der Waals surface area contributed by atoms with E-state index >= 15 is 0 Å². The molecule has 0 fully saturated rings. The molecule has 0 saturated heterocycles. The van der Waals surface area contributed by atoms with Crippen LogP contribution in [0.4, 0.5) is 5.69 Å². The number of aliphatic hydroxyl groups excluding tert-OH is 1. The number of anilines is 1. The molecule has 1 aromatic heterocycles. The highest BCUT2D eigenvalue weighted by Crippen LogP contribution is 2.27. The average Bonchev–Trinajstić information content (AvgIpc) is 2.86. The van der Waals surface area contributed by atoms with Crippen molar-refractivity contribution in [2.45, 2.75) is 25.0 Å². The minimum Gasteiger partial charge on any atom is -0.390 e. The van der Waals surface area contributed by atoms with Crippen LogP contribution in [-0.4, -0.2) is 18.1 Å². The van der Waals surface area contributed by atoms with Crippen molar-refractivity contribution in [3.05, 3.63) is 45.7 Å². The minimum atomic E-state index is -3.71. The topological polar surface area (TPSA) is 71.3 Å². The summed E-state index contributed by atoms with van der Waals surface area (Å²) in [4.78, 5) is 0.111. The van der Waals surface area contributed by atoms with E-state index in [0.29, 0.717) is 27.4 Å². The largest absolute Gasteiger partial charge is 0.390 e. The number of hydrogen-bond acceptors (Lipinski definition) is 3. The molecule has 1 heterocycles. The molecule has 0 amide bonds. The third-order valence-corrected chi connectivity index (χ3v) is 5.51. The van der Waals surface area contributed by atoms with Gasteiger partial charge in [0.2, 0.25) is 0 Å². The summed E-state index contributed by atoms with van der Waals surface area (Å²) < 4.78 is 29.5. The molecule has 0 unspecified atom stereocenters. The van der Waals surface area contributed by atoms with Crippen LogP contribution in [0.3, 0.4) is 0 Å². The number of benzene rings is 1. The first-order chi connectivity index (χ1) is 9.87. The maximum Gasteiger partial charge on any atom is 0.263 e. The van der Waals surface area contributed by atoms with Crippen molar-refractivity contribution in [3.8, 4) is 0 Å². The van der Waals surface area contributed by atoms with Gasteiger partial charge in [0.05, 0.1) is 17.3 Å². The Kier molecular flexibility index (Phi) is 4.98. The zero-order valence-corrected chi connectivity index (χ0v) is 14.3. The van der Waals surface area contributed by atoms with Crippen molar-refractivity contribution < 1.29 is 13.5 Å². The molecule has 21 heavy (non-hydrogen) atoms. The first-order valence-electron chi connectivity index (χ1n) is 6.15. The van der Waals surface area contributed by atoms with E-state index in [1.807, 2.05) is 6.92 Å². The Morgan fingerprint density at radius 3 is 2.62 bits per heavy atom. The van der Waals surface area contributed by atoms with E-state index in [0.717, 1.165) is 0 Å². The van der Waals surface area contributed by atoms with Crippen LogP contribution in [0.15, 0.2) is 39.8 Å². The smallest absolute Gasteiger partial charge is 0.263 e. The molecule has 1 aromatic carbocycles. The summed E-state index contributed by atoms with van der Waals surface area (Å²) in [5.74, 6) is 0. The predicted molar refractivity (Wildman–Crippen MR) is 86.0 cm³/mol. The zero-order chi connectivity index (χ0) is 15.6. The first-order valence-corrected chi connectivity index (χ1v) is 8.80. The molecular weight excluding hydrogens is 380 g/mol. The second-order valence-electron chi connectivity index (χ2n) is 4.35. The van der Waals surface area contributed by atoms with Crippen molar-refractivity contribution in [2.75, 3.05) is 4.72 Å². The maximum absolute atomic E-state index is 12.3. The third kappa shape index (κ3) is 3.60. The van der Waals surface area contributed by atoms with Crippen LogP contribution >= 0.6 is 27.5 Å². The van der Waals surface area contributed by atoms with Crippen LogP contribution in [0.25, 0.3) is 0 Å². The fraction of sp³-hybridized carbons (Fsp3) is 0.231. The van der Waals surface area contributed by atoms with Gasteiger partial charge in [-0.25, -0.2) is 8.42 Å². The first kappa shape index (κ1) is 16.4. The Bertz CT molecular complexity index is 737. The summed E-state index contributed by atoms with van der Waals surface area (Å²) in [6, 6.07) is 6.22. The van der Waals surface area contributed by atoms with Crippen LogP contribution in [0.1, 0.15) is 12.6 Å². The highest BCUT2D eigenvalue weighted by molar-refractivity contribution is 9.10. The molecule has 8 heteroatoms. The summed E-state index contributed by atoms with van der Waals surface area (Å²) in [7, 11) is -3.71. The number of nitrogens with zero attached hydrogens (tertiary/aromatic N) is 1. The number of aryl methyl sites for hydroxylation is 1. The summed E-state index contributed by atoms with van der Waals surface area (Å²) in [5, 5.41) is 9.73. The molecule has 5 nitrogen and oxygen atoms in total. The summed E-state index contributed by atoms with van der Waals surface area (Å²) in [6.07, 6.45) is 1.50. The van der Waals surface area contributed by atoms with Crippen molar-refractivity contribution in [3.63, 3.8) is 0 Å². The number of nitrogens with one attached hydrogen (secondary N) is 1. The molecule has 0 aliphatic heterocycles. The van der Waals surface area contributed by atoms with Crippen LogP contribution in [0, 0.1) is 0 Å². The van der Waals surface area contributed by atoms with Gasteiger partial charge in [-0.05, 0) is 47.1 Å². The molecule has 0 radical (unpaired) electrons. The second kappa shape index (κ2) is 6.39. The fourth-order valence-corrected chi connectivity index (χ4v) is 3.48. The Morgan fingerprint density at radius 1 is 1.38 bits per heavy atom. The van der Waals surface area contributed by atoms with Gasteiger partial charge in [-0.3, -0.25) is 4.72 Å². The standard InChI is InChI=1S/C13H14BrClN2O3S/c1-2-17-7-11(6-10(17)8-18)21(19,20)16-9-3-4-13(15)12(14)5-9/h3-7,16,18H,2,8H2,1H3. The summed E-state index contributed by atoms with van der Waals surface area (Å²) >= 11 is 9.12. The van der Waals surface area contributed by atoms with Gasteiger partial charge in [0, 0.05) is 22.9 Å². The highest BCUT2D eigenvalue weighted by Gasteiger charge is 2.18. The van der Waals surface area contributed by atoms with E-state index in [1.54, 1.807) is 22.8 Å². The molecular formula is C13H14BrClN2O3S. The Labute approximate surface area is 136 Å². The predicted octanol–water partition coefficient (Wildman–Crippen LogP) is 3.22. The van der Waals surface area contributed by atoms with Gasteiger partial charge in [-0.1, -0.05) is 11.6 Å². The van der Waals surface area contributed by atoms with E-state index in [1.165, 1.54) is 12.3 Å². The molecule has 0 bridgehead atoms. The lowest BCUT2D eigenvalue weighted by Crippen LogP contribution is -2.12. The van der Waals surface area contributed by atoms with Crippen LogP contribution in [0.2, 0.25) is 5.02 Å². The highest BCUT2D eigenvalue weighted by atomic mass is 79.9. The van der Waals surface area contributed by atoms with Crippen LogP contribution < -0.4 is 4.72 Å². The molecule has 0 aliphatic carbocycles. The van der Waals surface area contributed by atoms with Gasteiger partial charge < -0.3 is 9.67 Å². The van der Waals surface area contributed by atoms with E-state index in [-0.39, 0.29) is 11.5 Å². The fourth-order valence-electron chi connectivity index (χ4n) is 1.87. The lowest BCUT2D eigenvalue weighted by atomic mass is 10.3. The SMILES string of the molecule is CCn1cc(S(=O)(=O)Nc2ccc(Cl)c(Br)c2)cc1CO. The van der Waals surface area contributed by atoms with Crippen LogP contribution in [0.5, 0.6) is 0 Å². The number of aliphatic hydroxyl groups is 1. The molecule has 114 valence electrons. The number of halogens is 2. The molecule has 2 N–H and O–H groups in total. The number of hydrogen-bond donors (Lipinski definition) is 2. The lowest BCUT2D eigenvalue weighted by Gasteiger charge is -2.07. The monoisotopic (exact) mass is 392 g/mol. The van der Waals surface area contributed by atoms with Crippen molar-refractivity contribution in [1.82, 2.24) is 4.57 Å². The van der Waals surface area contributed by atoms with Gasteiger partial charge in [0.15, 0.2) is 0 Å². The van der Waals surface area contributed by atoms with Crippen molar-refractivity contribution in [2.24, 2.45) is 0 Å². The Balaban J connectivity index is 2.33. The second-order valence-corrected chi connectivity index (χ2v) is 7.29. The van der Waals surface area contributed by atoms with Gasteiger partial charge >= 0.3 is 0 Å².